The average molecular weight is 718 g/mol. The van der Waals surface area contributed by atoms with Gasteiger partial charge in [-0.25, -0.2) is 14.6 Å². The van der Waals surface area contributed by atoms with Crippen LogP contribution in [0.25, 0.3) is 0 Å². The zero-order chi connectivity index (χ0) is 36.2. The number of carbonyl (C=O) groups excluding carboxylic acids is 1. The van der Waals surface area contributed by atoms with Gasteiger partial charge < -0.3 is 19.8 Å². The topological polar surface area (TPSA) is 120 Å². The minimum Gasteiger partial charge on any atom is -0.489 e. The molecule has 1 spiro atoms. The van der Waals surface area contributed by atoms with E-state index in [9.17, 15) is 31.1 Å². The lowest BCUT2D eigenvalue weighted by atomic mass is 9.71. The van der Waals surface area contributed by atoms with Crippen LogP contribution in [0.2, 0.25) is 5.15 Å². The molecule has 0 saturated carbocycles. The van der Waals surface area contributed by atoms with Gasteiger partial charge in [0.2, 0.25) is 0 Å². The van der Waals surface area contributed by atoms with E-state index in [4.69, 9.17) is 36.1 Å². The second kappa shape index (κ2) is 17.3. The van der Waals surface area contributed by atoms with Gasteiger partial charge in [-0.3, -0.25) is 9.69 Å². The number of likely N-dealkylation sites (tertiary alicyclic amines) is 2. The first-order valence-electron chi connectivity index (χ1n) is 15.0. The number of carboxylic acids is 2. The maximum Gasteiger partial charge on any atom is 0.490 e. The van der Waals surface area contributed by atoms with E-state index in [0.29, 0.717) is 22.7 Å². The third kappa shape index (κ3) is 12.5. The van der Waals surface area contributed by atoms with Crippen molar-refractivity contribution in [3.05, 3.63) is 94.8 Å². The zero-order valence-corrected chi connectivity index (χ0v) is 26.8. The summed E-state index contributed by atoms with van der Waals surface area (Å²) < 4.78 is 69.6. The summed E-state index contributed by atoms with van der Waals surface area (Å²) in [5, 5.41) is 14.7. The normalized spacial score (nSPS) is 16.0. The Morgan fingerprint density at radius 1 is 0.776 bits per heavy atom. The monoisotopic (exact) mass is 717 g/mol. The molecule has 0 unspecified atom stereocenters. The summed E-state index contributed by atoms with van der Waals surface area (Å²) in [6.45, 7) is 5.30. The van der Waals surface area contributed by atoms with Gasteiger partial charge >= 0.3 is 24.3 Å². The van der Waals surface area contributed by atoms with Gasteiger partial charge in [0.15, 0.2) is 0 Å². The summed E-state index contributed by atoms with van der Waals surface area (Å²) in [5.41, 5.74) is 3.40. The molecule has 5 rings (SSSR count). The van der Waals surface area contributed by atoms with E-state index in [1.54, 1.807) is 18.3 Å². The van der Waals surface area contributed by atoms with Crippen LogP contribution in [0.15, 0.2) is 72.9 Å². The number of ether oxygens (including phenoxy) is 1. The van der Waals surface area contributed by atoms with Gasteiger partial charge in [0.1, 0.15) is 17.5 Å². The maximum atomic E-state index is 12.8. The van der Waals surface area contributed by atoms with E-state index in [2.05, 4.69) is 40.2 Å². The SMILES string of the molecule is O=C(O)C(F)(F)F.O=C(O)C(F)(F)F.O=C(c1ccc(Cl)nc1)N1CCC2(CCN(Cc3ccccc3OCc3ccccc3)CC2)CC1. The molecule has 2 aromatic carbocycles. The lowest BCUT2D eigenvalue weighted by Crippen LogP contribution is -2.48. The van der Waals surface area contributed by atoms with Crippen molar-refractivity contribution in [2.24, 2.45) is 5.41 Å². The predicted molar refractivity (Wildman–Crippen MR) is 166 cm³/mol. The van der Waals surface area contributed by atoms with Crippen molar-refractivity contribution >= 4 is 29.4 Å². The Labute approximate surface area is 283 Å². The molecule has 0 atom stereocenters. The molecule has 2 N–H and O–H groups in total. The Morgan fingerprint density at radius 3 is 1.80 bits per heavy atom. The van der Waals surface area contributed by atoms with Gasteiger partial charge in [0.05, 0.1) is 5.56 Å². The fourth-order valence-electron chi connectivity index (χ4n) is 5.31. The van der Waals surface area contributed by atoms with Crippen molar-refractivity contribution in [1.29, 1.82) is 0 Å². The highest BCUT2D eigenvalue weighted by atomic mass is 35.5. The van der Waals surface area contributed by atoms with Gasteiger partial charge in [-0.1, -0.05) is 60.1 Å². The first-order valence-corrected chi connectivity index (χ1v) is 15.3. The molecule has 1 amide bonds. The van der Waals surface area contributed by atoms with Crippen molar-refractivity contribution in [2.75, 3.05) is 26.2 Å². The number of aliphatic carboxylic acids is 2. The fourth-order valence-corrected chi connectivity index (χ4v) is 5.42. The Hall–Kier alpha value is -4.37. The van der Waals surface area contributed by atoms with Crippen molar-refractivity contribution in [2.45, 2.75) is 51.2 Å². The number of aromatic nitrogens is 1. The molecule has 1 aromatic heterocycles. The van der Waals surface area contributed by atoms with Gasteiger partial charge in [-0.05, 0) is 68.0 Å². The molecule has 0 radical (unpaired) electrons. The quantitative estimate of drug-likeness (QED) is 0.205. The number of piperidine rings is 2. The number of carbonyl (C=O) groups is 3. The Balaban J connectivity index is 0.000000392. The summed E-state index contributed by atoms with van der Waals surface area (Å²) in [7, 11) is 0. The molecule has 49 heavy (non-hydrogen) atoms. The van der Waals surface area contributed by atoms with Crippen molar-refractivity contribution in [1.82, 2.24) is 14.8 Å². The van der Waals surface area contributed by atoms with Crippen LogP contribution in [-0.2, 0) is 22.7 Å². The van der Waals surface area contributed by atoms with E-state index in [1.165, 1.54) is 24.0 Å². The van der Waals surface area contributed by atoms with Crippen LogP contribution in [0.4, 0.5) is 26.3 Å². The summed E-state index contributed by atoms with van der Waals surface area (Å²) in [6.07, 6.45) is -4.07. The first kappa shape index (κ1) is 39.1. The fraction of sp³-hybridized carbons (Fsp3) is 0.394. The Morgan fingerprint density at radius 2 is 1.29 bits per heavy atom. The Kier molecular flexibility index (Phi) is 13.8. The predicted octanol–water partition coefficient (Wildman–Crippen LogP) is 7.10. The molecule has 2 saturated heterocycles. The number of carboxylic acid groups (broad SMARTS) is 2. The highest BCUT2D eigenvalue weighted by Crippen LogP contribution is 2.42. The number of nitrogens with zero attached hydrogens (tertiary/aromatic N) is 3. The van der Waals surface area contributed by atoms with Crippen LogP contribution in [0, 0.1) is 5.41 Å². The molecule has 16 heteroatoms. The number of hydrogen-bond acceptors (Lipinski definition) is 6. The lowest BCUT2D eigenvalue weighted by molar-refractivity contribution is -0.193. The number of hydrogen-bond donors (Lipinski definition) is 2. The standard InChI is InChI=1S/C29H32ClN3O2.2C2HF3O2/c30-27-11-10-24(20-31-27)28(34)33-18-14-29(15-19-33)12-16-32(17-13-29)21-25-8-4-5-9-26(25)35-22-23-6-2-1-3-7-23;2*3-2(4,5)1(6)7/h1-11,20H,12-19,21-22H2;2*(H,6,7). The van der Waals surface area contributed by atoms with Crippen molar-refractivity contribution in [3.8, 4) is 5.75 Å². The molecule has 0 bridgehead atoms. The lowest BCUT2D eigenvalue weighted by Gasteiger charge is -2.47. The molecule has 0 aliphatic carbocycles. The second-order valence-corrected chi connectivity index (χ2v) is 11.8. The number of pyridine rings is 1. The van der Waals surface area contributed by atoms with E-state index < -0.39 is 24.3 Å². The van der Waals surface area contributed by atoms with Crippen LogP contribution < -0.4 is 4.74 Å². The number of rotatable bonds is 6. The maximum absolute atomic E-state index is 12.8. The van der Waals surface area contributed by atoms with Gasteiger partial charge in [0, 0.05) is 31.4 Å². The summed E-state index contributed by atoms with van der Waals surface area (Å²) in [5.74, 6) is -4.48. The first-order chi connectivity index (χ1) is 23.0. The van der Waals surface area contributed by atoms with E-state index in [-0.39, 0.29) is 5.91 Å². The molecule has 2 fully saturated rings. The van der Waals surface area contributed by atoms with Gasteiger partial charge in [0.25, 0.3) is 5.91 Å². The molecular weight excluding hydrogens is 684 g/mol. The zero-order valence-electron chi connectivity index (χ0n) is 26.0. The van der Waals surface area contributed by atoms with Crippen LogP contribution in [-0.4, -0.2) is 81.4 Å². The molecule has 3 aromatic rings. The minimum absolute atomic E-state index is 0.0635. The third-order valence-corrected chi connectivity index (χ3v) is 8.31. The number of benzene rings is 2. The number of amides is 1. The van der Waals surface area contributed by atoms with Gasteiger partial charge in [-0.15, -0.1) is 0 Å². The number of para-hydroxylation sites is 1. The number of halogens is 7. The molecule has 2 aliphatic rings. The molecule has 2 aliphatic heterocycles. The average Bonchev–Trinajstić information content (AvgIpc) is 3.06. The highest BCUT2D eigenvalue weighted by molar-refractivity contribution is 6.29. The summed E-state index contributed by atoms with van der Waals surface area (Å²) in [6, 6.07) is 22.2. The second-order valence-electron chi connectivity index (χ2n) is 11.4. The minimum atomic E-state index is -5.08. The molecule has 266 valence electrons. The number of alkyl halides is 6. The molecule has 3 heterocycles. The van der Waals surface area contributed by atoms with Crippen molar-refractivity contribution < 1.29 is 55.7 Å². The smallest absolute Gasteiger partial charge is 0.489 e. The van der Waals surface area contributed by atoms with E-state index in [1.807, 2.05) is 29.2 Å². The van der Waals surface area contributed by atoms with E-state index >= 15 is 0 Å². The molecular formula is C33H34ClF6N3O6. The summed E-state index contributed by atoms with van der Waals surface area (Å²) in [4.78, 5) is 39.2. The summed E-state index contributed by atoms with van der Waals surface area (Å²) >= 11 is 5.87. The van der Waals surface area contributed by atoms with Crippen LogP contribution in [0.5, 0.6) is 5.75 Å². The van der Waals surface area contributed by atoms with Gasteiger partial charge in [-0.2, -0.15) is 26.3 Å². The largest absolute Gasteiger partial charge is 0.490 e. The van der Waals surface area contributed by atoms with Crippen LogP contribution in [0.1, 0.15) is 47.2 Å². The Bertz CT molecular complexity index is 1500. The highest BCUT2D eigenvalue weighted by Gasteiger charge is 2.40. The van der Waals surface area contributed by atoms with Crippen LogP contribution in [0.3, 0.4) is 0 Å². The molecule has 9 nitrogen and oxygen atoms in total. The van der Waals surface area contributed by atoms with Crippen molar-refractivity contribution in [3.63, 3.8) is 0 Å². The van der Waals surface area contributed by atoms with Crippen LogP contribution >= 0.6 is 11.6 Å². The van der Waals surface area contributed by atoms with E-state index in [0.717, 1.165) is 51.3 Å². The third-order valence-electron chi connectivity index (χ3n) is 8.09.